The lowest BCUT2D eigenvalue weighted by molar-refractivity contribution is 0.376. The molecule has 1 fully saturated rings. The molecule has 3 heterocycles. The minimum atomic E-state index is 0.178. The SMILES string of the molecule is CC(C)c1nnsc1-c1nc(N2CCC(C)C(N)C2)n[nH]1. The summed E-state index contributed by atoms with van der Waals surface area (Å²) in [6.07, 6.45) is 1.07. The molecule has 1 aliphatic heterocycles. The summed E-state index contributed by atoms with van der Waals surface area (Å²) in [6.45, 7) is 8.15. The number of aromatic amines is 1. The molecule has 7 nitrogen and oxygen atoms in total. The predicted molar refractivity (Wildman–Crippen MR) is 83.3 cm³/mol. The van der Waals surface area contributed by atoms with Gasteiger partial charge < -0.3 is 10.6 Å². The molecule has 2 aromatic heterocycles. The van der Waals surface area contributed by atoms with E-state index in [0.29, 0.717) is 11.8 Å². The maximum absolute atomic E-state index is 6.15. The Labute approximate surface area is 128 Å². The average Bonchev–Trinajstić information content (AvgIpc) is 3.09. The fraction of sp³-hybridized carbons (Fsp3) is 0.692. The number of H-pyrrole nitrogens is 1. The zero-order valence-corrected chi connectivity index (χ0v) is 13.4. The predicted octanol–water partition coefficient (Wildman–Crippen LogP) is 1.62. The van der Waals surface area contributed by atoms with Crippen LogP contribution in [0.3, 0.4) is 0 Å². The van der Waals surface area contributed by atoms with E-state index in [9.17, 15) is 0 Å². The molecule has 21 heavy (non-hydrogen) atoms. The van der Waals surface area contributed by atoms with Crippen molar-refractivity contribution >= 4 is 17.5 Å². The Morgan fingerprint density at radius 1 is 1.43 bits per heavy atom. The van der Waals surface area contributed by atoms with Crippen LogP contribution in [-0.2, 0) is 0 Å². The van der Waals surface area contributed by atoms with Crippen LogP contribution in [0.25, 0.3) is 10.7 Å². The van der Waals surface area contributed by atoms with E-state index in [-0.39, 0.29) is 6.04 Å². The molecule has 0 radical (unpaired) electrons. The lowest BCUT2D eigenvalue weighted by atomic mass is 9.95. The van der Waals surface area contributed by atoms with Crippen LogP contribution in [0, 0.1) is 5.92 Å². The van der Waals surface area contributed by atoms with E-state index in [4.69, 9.17) is 5.73 Å². The van der Waals surface area contributed by atoms with E-state index in [2.05, 4.69) is 50.4 Å². The van der Waals surface area contributed by atoms with Crippen LogP contribution in [0.4, 0.5) is 5.95 Å². The highest BCUT2D eigenvalue weighted by molar-refractivity contribution is 7.09. The molecule has 2 aromatic rings. The third-order valence-corrected chi connectivity index (χ3v) is 4.80. The normalized spacial score (nSPS) is 23.0. The number of hydrogen-bond acceptors (Lipinski definition) is 7. The zero-order chi connectivity index (χ0) is 15.0. The molecule has 8 heteroatoms. The van der Waals surface area contributed by atoms with Crippen LogP contribution in [0.5, 0.6) is 0 Å². The van der Waals surface area contributed by atoms with Crippen molar-refractivity contribution < 1.29 is 0 Å². The van der Waals surface area contributed by atoms with Crippen molar-refractivity contribution in [3.8, 4) is 10.7 Å². The van der Waals surface area contributed by atoms with Crippen molar-refractivity contribution in [2.45, 2.75) is 39.2 Å². The van der Waals surface area contributed by atoms with Gasteiger partial charge in [-0.05, 0) is 29.8 Å². The highest BCUT2D eigenvalue weighted by Crippen LogP contribution is 2.29. The van der Waals surface area contributed by atoms with Gasteiger partial charge in [0.25, 0.3) is 0 Å². The second-order valence-corrected chi connectivity index (χ2v) is 6.76. The second kappa shape index (κ2) is 5.69. The van der Waals surface area contributed by atoms with Crippen molar-refractivity contribution in [3.63, 3.8) is 0 Å². The summed E-state index contributed by atoms with van der Waals surface area (Å²) in [4.78, 5) is 7.73. The van der Waals surface area contributed by atoms with Crippen LogP contribution < -0.4 is 10.6 Å². The minimum absolute atomic E-state index is 0.178. The van der Waals surface area contributed by atoms with Gasteiger partial charge in [0.2, 0.25) is 5.95 Å². The van der Waals surface area contributed by atoms with Crippen molar-refractivity contribution in [1.29, 1.82) is 0 Å². The summed E-state index contributed by atoms with van der Waals surface area (Å²) in [5, 5.41) is 11.5. The summed E-state index contributed by atoms with van der Waals surface area (Å²) in [5.41, 5.74) is 7.11. The summed E-state index contributed by atoms with van der Waals surface area (Å²) in [5.74, 6) is 2.33. The van der Waals surface area contributed by atoms with Crippen molar-refractivity contribution in [2.24, 2.45) is 11.7 Å². The van der Waals surface area contributed by atoms with Gasteiger partial charge in [-0.25, -0.2) is 0 Å². The smallest absolute Gasteiger partial charge is 0.245 e. The third kappa shape index (κ3) is 2.77. The highest BCUT2D eigenvalue weighted by atomic mass is 32.1. The molecule has 2 atom stereocenters. The van der Waals surface area contributed by atoms with Crippen molar-refractivity contribution in [1.82, 2.24) is 24.8 Å². The number of rotatable bonds is 3. The Balaban J connectivity index is 1.82. The Morgan fingerprint density at radius 2 is 2.24 bits per heavy atom. The van der Waals surface area contributed by atoms with E-state index >= 15 is 0 Å². The molecule has 0 amide bonds. The lowest BCUT2D eigenvalue weighted by Crippen LogP contribution is -2.48. The van der Waals surface area contributed by atoms with Gasteiger partial charge in [0.15, 0.2) is 5.82 Å². The molecule has 1 saturated heterocycles. The first-order valence-electron chi connectivity index (χ1n) is 7.31. The molecule has 3 N–H and O–H groups in total. The molecular formula is C13H21N7S. The van der Waals surface area contributed by atoms with Crippen LogP contribution in [0.15, 0.2) is 0 Å². The van der Waals surface area contributed by atoms with Crippen LogP contribution >= 0.6 is 11.5 Å². The summed E-state index contributed by atoms with van der Waals surface area (Å²) in [6, 6.07) is 0.178. The zero-order valence-electron chi connectivity index (χ0n) is 12.6. The molecule has 114 valence electrons. The van der Waals surface area contributed by atoms with Gasteiger partial charge in [-0.1, -0.05) is 25.3 Å². The molecule has 0 spiro atoms. The molecule has 1 aliphatic rings. The Bertz CT molecular complexity index is 605. The van der Waals surface area contributed by atoms with E-state index in [1.54, 1.807) is 0 Å². The quantitative estimate of drug-likeness (QED) is 0.894. The van der Waals surface area contributed by atoms with E-state index in [1.807, 2.05) is 0 Å². The Morgan fingerprint density at radius 3 is 2.95 bits per heavy atom. The molecule has 0 bridgehead atoms. The molecular weight excluding hydrogens is 286 g/mol. The number of piperidine rings is 1. The number of anilines is 1. The summed E-state index contributed by atoms with van der Waals surface area (Å²) >= 11 is 1.35. The topological polar surface area (TPSA) is 96.6 Å². The summed E-state index contributed by atoms with van der Waals surface area (Å²) in [7, 11) is 0. The van der Waals surface area contributed by atoms with Crippen molar-refractivity contribution in [2.75, 3.05) is 18.0 Å². The third-order valence-electron chi connectivity index (χ3n) is 4.05. The number of nitrogens with one attached hydrogen (secondary N) is 1. The number of aromatic nitrogens is 5. The van der Waals surface area contributed by atoms with Crippen LogP contribution in [-0.4, -0.2) is 43.9 Å². The van der Waals surface area contributed by atoms with E-state index in [1.165, 1.54) is 11.5 Å². The average molecular weight is 307 g/mol. The van der Waals surface area contributed by atoms with Gasteiger partial charge in [-0.3, -0.25) is 5.10 Å². The first-order chi connectivity index (χ1) is 10.1. The largest absolute Gasteiger partial charge is 0.338 e. The van der Waals surface area contributed by atoms with Gasteiger partial charge >= 0.3 is 0 Å². The fourth-order valence-corrected chi connectivity index (χ4v) is 3.27. The van der Waals surface area contributed by atoms with Crippen LogP contribution in [0.1, 0.15) is 38.8 Å². The van der Waals surface area contributed by atoms with Crippen molar-refractivity contribution in [3.05, 3.63) is 5.69 Å². The Hall–Kier alpha value is -1.54. The lowest BCUT2D eigenvalue weighted by Gasteiger charge is -2.34. The van der Waals surface area contributed by atoms with Gasteiger partial charge in [0, 0.05) is 19.1 Å². The van der Waals surface area contributed by atoms with E-state index in [0.717, 1.165) is 41.9 Å². The fourth-order valence-electron chi connectivity index (χ4n) is 2.52. The standard InChI is InChI=1S/C13H21N7S/c1-7(2)10-11(21-19-16-10)12-15-13(18-17-12)20-5-4-8(3)9(14)6-20/h7-9H,4-6,14H2,1-3H3,(H,15,17,18). The summed E-state index contributed by atoms with van der Waals surface area (Å²) < 4.78 is 4.03. The first-order valence-corrected chi connectivity index (χ1v) is 8.09. The maximum Gasteiger partial charge on any atom is 0.245 e. The molecule has 3 rings (SSSR count). The number of hydrogen-bond donors (Lipinski definition) is 2. The monoisotopic (exact) mass is 307 g/mol. The van der Waals surface area contributed by atoms with E-state index < -0.39 is 0 Å². The molecule has 0 aliphatic carbocycles. The number of nitrogens with zero attached hydrogens (tertiary/aromatic N) is 5. The van der Waals surface area contributed by atoms with Gasteiger partial charge in [0.1, 0.15) is 4.88 Å². The maximum atomic E-state index is 6.15. The Kier molecular flexibility index (Phi) is 3.90. The van der Waals surface area contributed by atoms with Gasteiger partial charge in [-0.15, -0.1) is 10.2 Å². The second-order valence-electron chi connectivity index (χ2n) is 6.00. The molecule has 0 saturated carbocycles. The number of nitrogens with two attached hydrogens (primary N) is 1. The van der Waals surface area contributed by atoms with Crippen LogP contribution in [0.2, 0.25) is 0 Å². The first kappa shape index (κ1) is 14.4. The molecule has 2 unspecified atom stereocenters. The van der Waals surface area contributed by atoms with Gasteiger partial charge in [0.05, 0.1) is 5.69 Å². The van der Waals surface area contributed by atoms with Gasteiger partial charge in [-0.2, -0.15) is 4.98 Å². The minimum Gasteiger partial charge on any atom is -0.338 e. The highest BCUT2D eigenvalue weighted by Gasteiger charge is 2.26. The molecule has 0 aromatic carbocycles.